The van der Waals surface area contributed by atoms with Gasteiger partial charge in [0.25, 0.3) is 0 Å². The lowest BCUT2D eigenvalue weighted by molar-refractivity contribution is 0.187. The zero-order chi connectivity index (χ0) is 19.6. The number of nitrogens with zero attached hydrogens (tertiary/aromatic N) is 1. The molecule has 1 unspecified atom stereocenters. The van der Waals surface area contributed by atoms with E-state index in [2.05, 4.69) is 15.6 Å². The Bertz CT molecular complexity index is 751. The predicted octanol–water partition coefficient (Wildman–Crippen LogP) is 3.86. The second-order valence-electron chi connectivity index (χ2n) is 5.71. The van der Waals surface area contributed by atoms with Crippen molar-refractivity contribution in [2.45, 2.75) is 20.0 Å². The molecule has 0 saturated heterocycles. The van der Waals surface area contributed by atoms with Crippen LogP contribution in [0.3, 0.4) is 0 Å². The largest absolute Gasteiger partial charge is 0.493 e. The lowest BCUT2D eigenvalue weighted by Crippen LogP contribution is -2.31. The summed E-state index contributed by atoms with van der Waals surface area (Å²) in [6.45, 7) is 5.37. The number of hydrogen-bond acceptors (Lipinski definition) is 4. The Kier molecular flexibility index (Phi) is 8.23. The average molecular weight is 392 g/mol. The highest BCUT2D eigenvalue weighted by Gasteiger charge is 2.09. The number of rotatable bonds is 8. The molecule has 2 rings (SSSR count). The quantitative estimate of drug-likeness (QED) is 0.470. The van der Waals surface area contributed by atoms with Crippen LogP contribution in [0.1, 0.15) is 25.5 Å². The lowest BCUT2D eigenvalue weighted by atomic mass is 10.1. The molecule has 2 aromatic rings. The van der Waals surface area contributed by atoms with Gasteiger partial charge in [-0.3, -0.25) is 0 Å². The molecule has 2 aromatic carbocycles. The van der Waals surface area contributed by atoms with Gasteiger partial charge in [0, 0.05) is 23.3 Å². The van der Waals surface area contributed by atoms with E-state index in [0.717, 1.165) is 11.3 Å². The summed E-state index contributed by atoms with van der Waals surface area (Å²) >= 11 is 5.88. The third kappa shape index (κ3) is 6.34. The number of hydrogen-bond donors (Lipinski definition) is 3. The van der Waals surface area contributed by atoms with Crippen LogP contribution in [0.25, 0.3) is 0 Å². The second-order valence-corrected chi connectivity index (χ2v) is 6.15. The second kappa shape index (κ2) is 10.6. The van der Waals surface area contributed by atoms with Crippen LogP contribution in [0.5, 0.6) is 11.5 Å². The summed E-state index contributed by atoms with van der Waals surface area (Å²) in [4.78, 5) is 4.46. The van der Waals surface area contributed by atoms with E-state index < -0.39 is 6.10 Å². The first-order valence-corrected chi connectivity index (χ1v) is 9.24. The van der Waals surface area contributed by atoms with Gasteiger partial charge >= 0.3 is 0 Å². The van der Waals surface area contributed by atoms with Gasteiger partial charge in [-0.05, 0) is 43.7 Å². The van der Waals surface area contributed by atoms with Crippen molar-refractivity contribution < 1.29 is 14.6 Å². The van der Waals surface area contributed by atoms with Crippen LogP contribution in [-0.2, 0) is 0 Å². The van der Waals surface area contributed by atoms with Gasteiger partial charge in [-0.2, -0.15) is 0 Å². The number of methoxy groups -OCH3 is 1. The highest BCUT2D eigenvalue weighted by molar-refractivity contribution is 6.30. The van der Waals surface area contributed by atoms with Crippen molar-refractivity contribution in [3.05, 3.63) is 53.1 Å². The molecule has 3 N–H and O–H groups in total. The van der Waals surface area contributed by atoms with Crippen molar-refractivity contribution in [1.29, 1.82) is 0 Å². The standard InChI is InChI=1S/C20H26ClN3O3/c1-4-22-20(23-13-17(25)14-6-8-15(21)9-7-14)24-16-10-11-18(27-5-2)19(12-16)26-3/h6-12,17,25H,4-5,13H2,1-3H3,(H2,22,23,24). The molecule has 0 radical (unpaired) electrons. The first-order valence-electron chi connectivity index (χ1n) is 8.87. The van der Waals surface area contributed by atoms with E-state index in [1.807, 2.05) is 32.0 Å². The van der Waals surface area contributed by atoms with E-state index in [1.54, 1.807) is 31.4 Å². The monoisotopic (exact) mass is 391 g/mol. The van der Waals surface area contributed by atoms with E-state index >= 15 is 0 Å². The van der Waals surface area contributed by atoms with Gasteiger partial charge in [-0.1, -0.05) is 23.7 Å². The van der Waals surface area contributed by atoms with Crippen LogP contribution in [0.2, 0.25) is 5.02 Å². The molecular weight excluding hydrogens is 366 g/mol. The summed E-state index contributed by atoms with van der Waals surface area (Å²) in [6.07, 6.45) is -0.715. The molecule has 27 heavy (non-hydrogen) atoms. The smallest absolute Gasteiger partial charge is 0.195 e. The number of anilines is 1. The van der Waals surface area contributed by atoms with Gasteiger partial charge in [-0.15, -0.1) is 0 Å². The Morgan fingerprint density at radius 3 is 2.52 bits per heavy atom. The van der Waals surface area contributed by atoms with Crippen LogP contribution in [-0.4, -0.2) is 37.9 Å². The molecule has 0 aliphatic heterocycles. The number of benzene rings is 2. The minimum absolute atomic E-state index is 0.213. The Balaban J connectivity index is 2.09. The number of aliphatic imine (C=N–C) groups is 1. The van der Waals surface area contributed by atoms with Crippen molar-refractivity contribution in [2.24, 2.45) is 4.99 Å². The van der Waals surface area contributed by atoms with Gasteiger partial charge in [0.15, 0.2) is 17.5 Å². The minimum Gasteiger partial charge on any atom is -0.493 e. The zero-order valence-corrected chi connectivity index (χ0v) is 16.6. The third-order valence-corrected chi connectivity index (χ3v) is 4.00. The summed E-state index contributed by atoms with van der Waals surface area (Å²) in [7, 11) is 1.60. The number of aliphatic hydroxyl groups is 1. The number of guanidine groups is 1. The molecule has 0 spiro atoms. The van der Waals surface area contributed by atoms with Crippen LogP contribution in [0, 0.1) is 0 Å². The zero-order valence-electron chi connectivity index (χ0n) is 15.8. The van der Waals surface area contributed by atoms with E-state index in [9.17, 15) is 5.11 Å². The molecule has 0 aliphatic carbocycles. The number of ether oxygens (including phenoxy) is 2. The highest BCUT2D eigenvalue weighted by Crippen LogP contribution is 2.30. The Morgan fingerprint density at radius 2 is 1.89 bits per heavy atom. The number of nitrogens with one attached hydrogen (secondary N) is 2. The molecule has 0 amide bonds. The van der Waals surface area contributed by atoms with E-state index in [-0.39, 0.29) is 6.54 Å². The highest BCUT2D eigenvalue weighted by atomic mass is 35.5. The van der Waals surface area contributed by atoms with Crippen LogP contribution in [0.15, 0.2) is 47.5 Å². The molecule has 0 bridgehead atoms. The molecule has 7 heteroatoms. The van der Waals surface area contributed by atoms with Gasteiger partial charge in [0.05, 0.1) is 26.4 Å². The fraction of sp³-hybridized carbons (Fsp3) is 0.350. The maximum Gasteiger partial charge on any atom is 0.195 e. The Hall–Kier alpha value is -2.44. The van der Waals surface area contributed by atoms with Crippen LogP contribution >= 0.6 is 11.6 Å². The van der Waals surface area contributed by atoms with Crippen molar-refractivity contribution in [3.63, 3.8) is 0 Å². The Labute approximate surface area is 165 Å². The van der Waals surface area contributed by atoms with Gasteiger partial charge in [0.2, 0.25) is 0 Å². The van der Waals surface area contributed by atoms with Crippen molar-refractivity contribution in [1.82, 2.24) is 5.32 Å². The van der Waals surface area contributed by atoms with Crippen LogP contribution in [0.4, 0.5) is 5.69 Å². The van der Waals surface area contributed by atoms with Crippen LogP contribution < -0.4 is 20.1 Å². The molecular formula is C20H26ClN3O3. The minimum atomic E-state index is -0.715. The normalized spacial score (nSPS) is 12.4. The third-order valence-electron chi connectivity index (χ3n) is 3.75. The summed E-state index contributed by atoms with van der Waals surface area (Å²) in [6, 6.07) is 12.7. The first kappa shape index (κ1) is 20.9. The van der Waals surface area contributed by atoms with Gasteiger partial charge in [0.1, 0.15) is 0 Å². The van der Waals surface area contributed by atoms with Crippen molar-refractivity contribution in [3.8, 4) is 11.5 Å². The fourth-order valence-electron chi connectivity index (χ4n) is 2.43. The lowest BCUT2D eigenvalue weighted by Gasteiger charge is -2.15. The topological polar surface area (TPSA) is 75.1 Å². The first-order chi connectivity index (χ1) is 13.1. The average Bonchev–Trinajstić information content (AvgIpc) is 2.68. The summed E-state index contributed by atoms with van der Waals surface area (Å²) < 4.78 is 10.9. The predicted molar refractivity (Wildman–Crippen MR) is 110 cm³/mol. The molecule has 1 atom stereocenters. The number of aliphatic hydroxyl groups excluding tert-OH is 1. The van der Waals surface area contributed by atoms with Gasteiger partial charge < -0.3 is 25.2 Å². The molecule has 146 valence electrons. The SMILES string of the molecule is CCNC(=NCC(O)c1ccc(Cl)cc1)Nc1ccc(OCC)c(OC)c1. The fourth-order valence-corrected chi connectivity index (χ4v) is 2.56. The molecule has 6 nitrogen and oxygen atoms in total. The van der Waals surface area contributed by atoms with Gasteiger partial charge in [-0.25, -0.2) is 4.99 Å². The molecule has 0 aromatic heterocycles. The summed E-state index contributed by atoms with van der Waals surface area (Å²) in [5.41, 5.74) is 1.57. The number of halogens is 1. The summed E-state index contributed by atoms with van der Waals surface area (Å²) in [5, 5.41) is 17.3. The van der Waals surface area contributed by atoms with Crippen molar-refractivity contribution in [2.75, 3.05) is 32.1 Å². The maximum atomic E-state index is 10.3. The van der Waals surface area contributed by atoms with E-state index in [1.165, 1.54) is 0 Å². The molecule has 0 heterocycles. The Morgan fingerprint density at radius 1 is 1.15 bits per heavy atom. The summed E-state index contributed by atoms with van der Waals surface area (Å²) in [5.74, 6) is 1.89. The maximum absolute atomic E-state index is 10.3. The van der Waals surface area contributed by atoms with E-state index in [4.69, 9.17) is 21.1 Å². The molecule has 0 fully saturated rings. The van der Waals surface area contributed by atoms with Crippen molar-refractivity contribution >= 4 is 23.2 Å². The molecule has 0 aliphatic rings. The van der Waals surface area contributed by atoms with E-state index in [0.29, 0.717) is 35.6 Å². The molecule has 0 saturated carbocycles.